The molecule has 0 aliphatic rings. The molecule has 0 saturated carbocycles. The molecule has 1 nitrogen and oxygen atoms in total. The fourth-order valence-electron chi connectivity index (χ4n) is 0.112. The molecule has 1 atom stereocenters. The zero-order valence-electron chi connectivity index (χ0n) is 7.49. The number of halogens is 2. The van der Waals surface area contributed by atoms with Crippen LogP contribution in [0, 0.1) is 0 Å². The summed E-state index contributed by atoms with van der Waals surface area (Å²) in [6.45, 7) is 0. The van der Waals surface area contributed by atoms with Crippen molar-refractivity contribution in [3.05, 3.63) is 0 Å². The van der Waals surface area contributed by atoms with Crippen molar-refractivity contribution >= 4 is 31.9 Å². The predicted molar refractivity (Wildman–Crippen MR) is 38.2 cm³/mol. The van der Waals surface area contributed by atoms with Gasteiger partial charge in [-0.1, -0.05) is 31.9 Å². The van der Waals surface area contributed by atoms with Gasteiger partial charge in [0, 0.05) is 16.0 Å². The average molecular weight is 236 g/mol. The Labute approximate surface area is 66.0 Å². The molecule has 0 amide bonds. The Hall–Kier alpha value is 0.920. The van der Waals surface area contributed by atoms with E-state index in [-0.39, 0.29) is 6.42 Å². The Morgan fingerprint density at radius 3 is 2.43 bits per heavy atom. The summed E-state index contributed by atoms with van der Waals surface area (Å²) in [5.41, 5.74) is 0. The number of hydrogen-bond acceptors (Lipinski definition) is 1. The zero-order chi connectivity index (χ0) is 9.28. The average Bonchev–Trinajstić information content (AvgIpc) is 1.56. The summed E-state index contributed by atoms with van der Waals surface area (Å²) >= 11 is 5.25. The fourth-order valence-corrected chi connectivity index (χ4v) is 0.580. The van der Waals surface area contributed by atoms with Gasteiger partial charge in [0.2, 0.25) is 0 Å². The third-order valence-corrected chi connectivity index (χ3v) is 1.25. The first-order valence-corrected chi connectivity index (χ1v) is 3.27. The van der Waals surface area contributed by atoms with Crippen LogP contribution in [0.5, 0.6) is 0 Å². The quantitative estimate of drug-likeness (QED) is 0.736. The fraction of sp³-hybridized carbons (Fsp3) is 1.00. The molecule has 0 bridgehead atoms. The van der Waals surface area contributed by atoms with Gasteiger partial charge in [-0.15, -0.1) is 0 Å². The second-order valence-electron chi connectivity index (χ2n) is 0.963. The van der Waals surface area contributed by atoms with Crippen molar-refractivity contribution in [3.63, 3.8) is 0 Å². The number of aliphatic hydroxyl groups is 1. The summed E-state index contributed by atoms with van der Waals surface area (Å²) in [6.07, 6.45) is -1.66. The maximum Gasteiger partial charge on any atom is 0.0644 e. The smallest absolute Gasteiger partial charge is 0.0644 e. The van der Waals surface area contributed by atoms with E-state index in [0.29, 0.717) is 0 Å². The van der Waals surface area contributed by atoms with E-state index < -0.39 is 16.7 Å². The van der Waals surface area contributed by atoms with E-state index in [9.17, 15) is 0 Å². The SMILES string of the molecule is [2H]C([2H])(Br)CC(O)C([2H])([2H])Br. The van der Waals surface area contributed by atoms with Crippen molar-refractivity contribution in [1.82, 2.24) is 0 Å². The van der Waals surface area contributed by atoms with Crippen molar-refractivity contribution in [1.29, 1.82) is 0 Å². The molecule has 1 unspecified atom stereocenters. The third-order valence-electron chi connectivity index (χ3n) is 0.396. The lowest BCUT2D eigenvalue weighted by molar-refractivity contribution is 0.198. The standard InChI is InChI=1S/C4H8Br2O/c5-2-1-4(7)3-6/h4,7H,1-3H2/i2D2,3D2. The predicted octanol–water partition coefficient (Wildman–Crippen LogP) is 1.53. The van der Waals surface area contributed by atoms with Crippen LogP contribution in [0.1, 0.15) is 11.9 Å². The van der Waals surface area contributed by atoms with Gasteiger partial charge in [0.05, 0.1) is 6.10 Å². The topological polar surface area (TPSA) is 20.2 Å². The van der Waals surface area contributed by atoms with Crippen LogP contribution in [0.4, 0.5) is 0 Å². The van der Waals surface area contributed by atoms with Gasteiger partial charge in [0.15, 0.2) is 0 Å². The Balaban J connectivity index is 3.99. The zero-order valence-corrected chi connectivity index (χ0v) is 6.66. The molecule has 0 aliphatic heterocycles. The second-order valence-corrected chi connectivity index (χ2v) is 1.98. The molecule has 0 aromatic carbocycles. The number of hydrogen-bond donors (Lipinski definition) is 1. The lowest BCUT2D eigenvalue weighted by Gasteiger charge is -1.99. The Bertz CT molecular complexity index is 129. The molecule has 0 radical (unpaired) electrons. The minimum absolute atomic E-state index is 0.300. The molecular weight excluding hydrogens is 224 g/mol. The molecule has 0 rings (SSSR count). The minimum atomic E-state index is -1.94. The van der Waals surface area contributed by atoms with Gasteiger partial charge in [-0.3, -0.25) is 0 Å². The van der Waals surface area contributed by atoms with Crippen molar-refractivity contribution in [2.45, 2.75) is 12.5 Å². The lowest BCUT2D eigenvalue weighted by atomic mass is 10.3. The summed E-state index contributed by atoms with van der Waals surface area (Å²) in [5.74, 6) is 0. The normalized spacial score (nSPS) is 26.7. The summed E-state index contributed by atoms with van der Waals surface area (Å²) < 4.78 is 27.9. The van der Waals surface area contributed by atoms with Crippen molar-refractivity contribution < 1.29 is 10.6 Å². The van der Waals surface area contributed by atoms with Crippen LogP contribution in [0.3, 0.4) is 0 Å². The monoisotopic (exact) mass is 234 g/mol. The highest BCUT2D eigenvalue weighted by molar-refractivity contribution is 9.09. The highest BCUT2D eigenvalue weighted by Crippen LogP contribution is 1.97. The van der Waals surface area contributed by atoms with Gasteiger partial charge < -0.3 is 5.11 Å². The van der Waals surface area contributed by atoms with Crippen molar-refractivity contribution in [2.24, 2.45) is 0 Å². The summed E-state index contributed by atoms with van der Waals surface area (Å²) in [5, 5.41) is 5.36. The molecule has 0 fully saturated rings. The van der Waals surface area contributed by atoms with Crippen LogP contribution in [0.2, 0.25) is 0 Å². The number of alkyl halides is 2. The summed E-state index contributed by atoms with van der Waals surface area (Å²) in [6, 6.07) is 0. The van der Waals surface area contributed by atoms with E-state index >= 15 is 0 Å². The molecule has 0 aromatic rings. The molecule has 3 heteroatoms. The van der Waals surface area contributed by atoms with Gasteiger partial charge in [0.1, 0.15) is 0 Å². The molecule has 0 heterocycles. The first-order chi connectivity index (χ1) is 4.63. The van der Waals surface area contributed by atoms with Crippen LogP contribution in [0.15, 0.2) is 0 Å². The maximum absolute atomic E-state index is 9.03. The van der Waals surface area contributed by atoms with E-state index in [1.54, 1.807) is 0 Å². The second kappa shape index (κ2) is 5.06. The maximum atomic E-state index is 9.03. The molecule has 1 N–H and O–H groups in total. The number of rotatable bonds is 3. The van der Waals surface area contributed by atoms with Gasteiger partial charge in [-0.25, -0.2) is 0 Å². The van der Waals surface area contributed by atoms with Crippen LogP contribution in [-0.4, -0.2) is 21.8 Å². The van der Waals surface area contributed by atoms with Crippen molar-refractivity contribution in [2.75, 3.05) is 10.6 Å². The molecule has 0 saturated heterocycles. The third kappa shape index (κ3) is 4.78. The Morgan fingerprint density at radius 1 is 1.71 bits per heavy atom. The van der Waals surface area contributed by atoms with Crippen molar-refractivity contribution in [3.8, 4) is 0 Å². The van der Waals surface area contributed by atoms with Gasteiger partial charge in [-0.05, 0) is 6.42 Å². The van der Waals surface area contributed by atoms with Crippen LogP contribution < -0.4 is 0 Å². The highest BCUT2D eigenvalue weighted by Gasteiger charge is 1.96. The molecule has 0 aliphatic carbocycles. The number of aliphatic hydroxyl groups excluding tert-OH is 1. The Kier molecular flexibility index (Phi) is 2.30. The lowest BCUT2D eigenvalue weighted by Crippen LogP contribution is -2.07. The van der Waals surface area contributed by atoms with Gasteiger partial charge in [0.25, 0.3) is 0 Å². The molecule has 0 aromatic heterocycles. The van der Waals surface area contributed by atoms with Gasteiger partial charge in [-0.2, -0.15) is 0 Å². The minimum Gasteiger partial charge on any atom is -0.392 e. The van der Waals surface area contributed by atoms with E-state index in [2.05, 4.69) is 31.9 Å². The Morgan fingerprint density at radius 2 is 2.29 bits per heavy atom. The molecule has 7 heavy (non-hydrogen) atoms. The molecule has 44 valence electrons. The van der Waals surface area contributed by atoms with Crippen LogP contribution in [-0.2, 0) is 0 Å². The first kappa shape index (κ1) is 3.18. The summed E-state index contributed by atoms with van der Waals surface area (Å²) in [7, 11) is 0. The molecule has 0 spiro atoms. The molecular formula is C4H8Br2O. The van der Waals surface area contributed by atoms with Crippen LogP contribution in [0.25, 0.3) is 0 Å². The van der Waals surface area contributed by atoms with E-state index in [4.69, 9.17) is 10.6 Å². The van der Waals surface area contributed by atoms with E-state index in [0.717, 1.165) is 0 Å². The van der Waals surface area contributed by atoms with Crippen LogP contribution >= 0.6 is 31.9 Å². The largest absolute Gasteiger partial charge is 0.392 e. The first-order valence-electron chi connectivity index (χ1n) is 3.69. The van der Waals surface area contributed by atoms with E-state index in [1.807, 2.05) is 0 Å². The van der Waals surface area contributed by atoms with E-state index in [1.165, 1.54) is 0 Å². The van der Waals surface area contributed by atoms with Gasteiger partial charge >= 0.3 is 0 Å². The summed E-state index contributed by atoms with van der Waals surface area (Å²) in [4.78, 5) is 0. The highest BCUT2D eigenvalue weighted by atomic mass is 79.9.